The number of carbonyl (C=O) groups excluding carboxylic acids is 1. The monoisotopic (exact) mass is 499 g/mol. The number of hydrogen-bond donors (Lipinski definition) is 2. The Morgan fingerprint density at radius 1 is 1.19 bits per heavy atom. The smallest absolute Gasteiger partial charge is 0.259 e. The van der Waals surface area contributed by atoms with Gasteiger partial charge in [-0.2, -0.15) is 0 Å². The molecular weight excluding hydrogens is 466 g/mol. The second kappa shape index (κ2) is 10.1. The summed E-state index contributed by atoms with van der Waals surface area (Å²) < 4.78 is 9.51. The number of pyridine rings is 1. The number of rotatable bonds is 8. The van der Waals surface area contributed by atoms with Crippen LogP contribution >= 0.6 is 0 Å². The normalized spacial score (nSPS) is 17.5. The molecule has 1 aliphatic carbocycles. The summed E-state index contributed by atoms with van der Waals surface area (Å²) in [4.78, 5) is 18.0. The lowest BCUT2D eigenvalue weighted by Gasteiger charge is -2.41. The summed E-state index contributed by atoms with van der Waals surface area (Å²) in [5.41, 5.74) is 3.99. The van der Waals surface area contributed by atoms with E-state index in [1.54, 1.807) is 12.5 Å². The maximum absolute atomic E-state index is 13.5. The number of hydrogen-bond acceptors (Lipinski definition) is 6. The molecule has 192 valence electrons. The molecule has 2 N–H and O–H groups in total. The van der Waals surface area contributed by atoms with E-state index in [0.717, 1.165) is 35.6 Å². The number of nitrogens with zero attached hydrogens (tertiary/aromatic N) is 5. The Morgan fingerprint density at radius 2 is 2.05 bits per heavy atom. The molecule has 1 amide bonds. The van der Waals surface area contributed by atoms with Gasteiger partial charge in [-0.25, -0.2) is 4.98 Å². The van der Waals surface area contributed by atoms with Gasteiger partial charge < -0.3 is 24.3 Å². The number of carbonyl (C=O) groups is 1. The summed E-state index contributed by atoms with van der Waals surface area (Å²) in [7, 11) is 1.95. The van der Waals surface area contributed by atoms with Gasteiger partial charge in [0, 0.05) is 55.7 Å². The van der Waals surface area contributed by atoms with E-state index < -0.39 is 0 Å². The van der Waals surface area contributed by atoms with Gasteiger partial charge in [0.1, 0.15) is 17.8 Å². The molecule has 0 atom stereocenters. The van der Waals surface area contributed by atoms with Crippen LogP contribution in [0.25, 0.3) is 5.65 Å². The Kier molecular flexibility index (Phi) is 6.48. The third-order valence-corrected chi connectivity index (χ3v) is 7.78. The van der Waals surface area contributed by atoms with E-state index in [1.165, 1.54) is 32.1 Å². The average Bonchev–Trinajstić information content (AvgIpc) is 3.53. The molecule has 37 heavy (non-hydrogen) atoms. The van der Waals surface area contributed by atoms with E-state index in [2.05, 4.69) is 38.1 Å². The molecule has 0 radical (unpaired) electrons. The van der Waals surface area contributed by atoms with Crippen LogP contribution in [0.4, 0.5) is 5.69 Å². The molecule has 2 aliphatic rings. The highest BCUT2D eigenvalue weighted by Crippen LogP contribution is 2.36. The summed E-state index contributed by atoms with van der Waals surface area (Å²) in [5.74, 6) is 0.748. The van der Waals surface area contributed by atoms with Gasteiger partial charge in [0.15, 0.2) is 0 Å². The van der Waals surface area contributed by atoms with Crippen molar-refractivity contribution < 1.29 is 9.53 Å². The number of fused-ring (bicyclic) bond motifs is 1. The molecule has 1 aromatic carbocycles. The molecule has 6 rings (SSSR count). The Bertz CT molecular complexity index is 1400. The van der Waals surface area contributed by atoms with Crippen LogP contribution < -0.4 is 10.6 Å². The van der Waals surface area contributed by atoms with Gasteiger partial charge in [-0.3, -0.25) is 4.79 Å². The van der Waals surface area contributed by atoms with Crippen molar-refractivity contribution in [3.63, 3.8) is 0 Å². The molecule has 0 bridgehead atoms. The van der Waals surface area contributed by atoms with Gasteiger partial charge in [0.2, 0.25) is 0 Å². The number of anilines is 1. The minimum absolute atomic E-state index is 0.167. The molecule has 3 aromatic heterocycles. The molecule has 1 saturated carbocycles. The largest absolute Gasteiger partial charge is 0.379 e. The number of ether oxygens (including phenoxy) is 1. The van der Waals surface area contributed by atoms with Crippen molar-refractivity contribution in [2.24, 2.45) is 7.05 Å². The van der Waals surface area contributed by atoms with E-state index in [0.29, 0.717) is 30.5 Å². The lowest BCUT2D eigenvalue weighted by Crippen LogP contribution is -2.49. The zero-order chi connectivity index (χ0) is 25.2. The number of amides is 1. The summed E-state index contributed by atoms with van der Waals surface area (Å²) in [6, 6.07) is 10.6. The topological polar surface area (TPSA) is 98.4 Å². The number of aryl methyl sites for hydroxylation is 1. The van der Waals surface area contributed by atoms with Crippen LogP contribution in [0.5, 0.6) is 0 Å². The fourth-order valence-electron chi connectivity index (χ4n) is 5.54. The van der Waals surface area contributed by atoms with E-state index in [9.17, 15) is 4.79 Å². The summed E-state index contributed by atoms with van der Waals surface area (Å²) in [6.45, 7) is 1.96. The summed E-state index contributed by atoms with van der Waals surface area (Å²) >= 11 is 0. The quantitative estimate of drug-likeness (QED) is 0.384. The number of aromatic nitrogens is 5. The first-order valence-electron chi connectivity index (χ1n) is 13.1. The van der Waals surface area contributed by atoms with Crippen molar-refractivity contribution in [3.05, 3.63) is 77.8 Å². The molecule has 0 spiro atoms. The third-order valence-electron chi connectivity index (χ3n) is 7.78. The molecule has 9 heteroatoms. The minimum atomic E-state index is -0.178. The molecular formula is C28H33N7O2. The molecule has 9 nitrogen and oxygen atoms in total. The first-order valence-corrected chi connectivity index (χ1v) is 13.1. The molecule has 0 unspecified atom stereocenters. The minimum Gasteiger partial charge on any atom is -0.379 e. The number of imidazole rings is 1. The van der Waals surface area contributed by atoms with Crippen LogP contribution in [0.1, 0.15) is 59.4 Å². The summed E-state index contributed by atoms with van der Waals surface area (Å²) in [5, 5.41) is 15.1. The van der Waals surface area contributed by atoms with Gasteiger partial charge >= 0.3 is 0 Å². The van der Waals surface area contributed by atoms with E-state index in [1.807, 2.05) is 46.5 Å². The fraction of sp³-hybridized carbons (Fsp3) is 0.429. The maximum atomic E-state index is 13.5. The van der Waals surface area contributed by atoms with E-state index >= 15 is 0 Å². The predicted molar refractivity (Wildman–Crippen MR) is 141 cm³/mol. The average molecular weight is 500 g/mol. The fourth-order valence-corrected chi connectivity index (χ4v) is 5.54. The zero-order valence-corrected chi connectivity index (χ0v) is 21.2. The number of benzene rings is 1. The van der Waals surface area contributed by atoms with Crippen LogP contribution in [-0.2, 0) is 30.2 Å². The van der Waals surface area contributed by atoms with Crippen molar-refractivity contribution in [1.29, 1.82) is 0 Å². The van der Waals surface area contributed by atoms with Crippen molar-refractivity contribution in [2.75, 3.05) is 18.5 Å². The first kappa shape index (κ1) is 23.8. The van der Waals surface area contributed by atoms with Crippen molar-refractivity contribution in [2.45, 2.75) is 56.5 Å². The standard InChI is InChI=1S/C28H33N7O2/c1-34-19-31-33-25(34)14-28(17-37-18-28)21-6-5-9-23(13-21)32-27(36)24-12-20(16-35-11-10-29-26(24)35)15-30-22-7-3-2-4-8-22/h5-6,9-13,16,19,22,30H,2-4,7-8,14-15,17-18H2,1H3,(H,32,36). The predicted octanol–water partition coefficient (Wildman–Crippen LogP) is 3.65. The van der Waals surface area contributed by atoms with Gasteiger partial charge in [0.25, 0.3) is 5.91 Å². The highest BCUT2D eigenvalue weighted by molar-refractivity contribution is 6.08. The molecule has 1 aliphatic heterocycles. The maximum Gasteiger partial charge on any atom is 0.259 e. The Hall–Kier alpha value is -3.56. The van der Waals surface area contributed by atoms with Crippen LogP contribution in [0.15, 0.2) is 55.2 Å². The molecule has 2 fully saturated rings. The number of nitrogens with one attached hydrogen (secondary N) is 2. The molecule has 4 aromatic rings. The SMILES string of the molecule is Cn1cnnc1CC1(c2cccc(NC(=O)c3cc(CNC4CCCCC4)cn4ccnc34)c2)COC1. The second-order valence-corrected chi connectivity index (χ2v) is 10.5. The van der Waals surface area contributed by atoms with Crippen molar-refractivity contribution in [1.82, 2.24) is 29.5 Å². The van der Waals surface area contributed by atoms with Crippen LogP contribution in [0.3, 0.4) is 0 Å². The van der Waals surface area contributed by atoms with Gasteiger partial charge in [-0.05, 0) is 42.2 Å². The van der Waals surface area contributed by atoms with Crippen LogP contribution in [0, 0.1) is 0 Å². The van der Waals surface area contributed by atoms with Gasteiger partial charge in [-0.1, -0.05) is 31.4 Å². The second-order valence-electron chi connectivity index (χ2n) is 10.5. The highest BCUT2D eigenvalue weighted by Gasteiger charge is 2.41. The van der Waals surface area contributed by atoms with Gasteiger partial charge in [0.05, 0.1) is 18.8 Å². The van der Waals surface area contributed by atoms with E-state index in [-0.39, 0.29) is 11.3 Å². The van der Waals surface area contributed by atoms with E-state index in [4.69, 9.17) is 4.74 Å². The Labute approximate surface area is 216 Å². The van der Waals surface area contributed by atoms with Crippen LogP contribution in [0.2, 0.25) is 0 Å². The lowest BCUT2D eigenvalue weighted by atomic mass is 9.75. The first-order chi connectivity index (χ1) is 18.1. The van der Waals surface area contributed by atoms with Gasteiger partial charge in [-0.15, -0.1) is 10.2 Å². The Morgan fingerprint density at radius 3 is 2.81 bits per heavy atom. The Balaban J connectivity index is 1.21. The van der Waals surface area contributed by atoms with Crippen LogP contribution in [-0.4, -0.2) is 49.3 Å². The lowest BCUT2D eigenvalue weighted by molar-refractivity contribution is -0.0610. The van der Waals surface area contributed by atoms with Crippen molar-refractivity contribution in [3.8, 4) is 0 Å². The third kappa shape index (κ3) is 4.89. The summed E-state index contributed by atoms with van der Waals surface area (Å²) in [6.07, 6.45) is 14.5. The highest BCUT2D eigenvalue weighted by atomic mass is 16.5. The zero-order valence-electron chi connectivity index (χ0n) is 21.2. The molecule has 4 heterocycles. The van der Waals surface area contributed by atoms with Crippen molar-refractivity contribution >= 4 is 17.2 Å². The molecule has 1 saturated heterocycles.